The molecule has 0 aliphatic carbocycles. The molecule has 3 aromatic rings. The van der Waals surface area contributed by atoms with Crippen LogP contribution in [0.4, 0.5) is 11.5 Å². The van der Waals surface area contributed by atoms with Gasteiger partial charge < -0.3 is 10.2 Å². The van der Waals surface area contributed by atoms with Crippen LogP contribution >= 0.6 is 15.9 Å². The van der Waals surface area contributed by atoms with Gasteiger partial charge in [-0.15, -0.1) is 10.2 Å². The van der Waals surface area contributed by atoms with Crippen molar-refractivity contribution in [3.63, 3.8) is 0 Å². The predicted molar refractivity (Wildman–Crippen MR) is 116 cm³/mol. The summed E-state index contributed by atoms with van der Waals surface area (Å²) >= 11 is 3.41. The van der Waals surface area contributed by atoms with E-state index < -0.39 is 0 Å². The van der Waals surface area contributed by atoms with E-state index in [1.165, 1.54) is 19.3 Å². The van der Waals surface area contributed by atoms with Crippen molar-refractivity contribution in [2.24, 2.45) is 0 Å². The number of piperidine rings is 1. The zero-order valence-corrected chi connectivity index (χ0v) is 17.0. The van der Waals surface area contributed by atoms with Gasteiger partial charge in [-0.05, 0) is 71.6 Å². The van der Waals surface area contributed by atoms with Crippen LogP contribution in [0.1, 0.15) is 29.6 Å². The number of benzene rings is 2. The molecule has 6 heteroatoms. The summed E-state index contributed by atoms with van der Waals surface area (Å²) in [5.41, 5.74) is 3.13. The molecule has 2 aromatic carbocycles. The van der Waals surface area contributed by atoms with Gasteiger partial charge in [-0.2, -0.15) is 0 Å². The summed E-state index contributed by atoms with van der Waals surface area (Å²) < 4.78 is 0.771. The zero-order valence-electron chi connectivity index (χ0n) is 15.4. The van der Waals surface area contributed by atoms with E-state index in [-0.39, 0.29) is 5.91 Å². The number of aromatic nitrogens is 2. The highest BCUT2D eigenvalue weighted by molar-refractivity contribution is 9.10. The van der Waals surface area contributed by atoms with Crippen LogP contribution in [0.3, 0.4) is 0 Å². The molecular formula is C22H21BrN4O. The second-order valence-corrected chi connectivity index (χ2v) is 7.69. The molecular weight excluding hydrogens is 416 g/mol. The molecule has 1 aliphatic heterocycles. The van der Waals surface area contributed by atoms with Crippen molar-refractivity contribution in [2.45, 2.75) is 19.3 Å². The summed E-state index contributed by atoms with van der Waals surface area (Å²) in [6.45, 7) is 2.11. The average molecular weight is 437 g/mol. The summed E-state index contributed by atoms with van der Waals surface area (Å²) in [6, 6.07) is 19.1. The number of rotatable bonds is 4. The number of anilines is 2. The van der Waals surface area contributed by atoms with Crippen LogP contribution in [0.15, 0.2) is 65.1 Å². The van der Waals surface area contributed by atoms with Crippen molar-refractivity contribution in [1.29, 1.82) is 0 Å². The van der Waals surface area contributed by atoms with Gasteiger partial charge in [0.15, 0.2) is 5.82 Å². The molecule has 0 bridgehead atoms. The van der Waals surface area contributed by atoms with Crippen LogP contribution in [0.2, 0.25) is 0 Å². The smallest absolute Gasteiger partial charge is 0.256 e. The maximum Gasteiger partial charge on any atom is 0.256 e. The van der Waals surface area contributed by atoms with Crippen LogP contribution in [0.5, 0.6) is 0 Å². The Morgan fingerprint density at radius 2 is 1.64 bits per heavy atom. The first-order valence-corrected chi connectivity index (χ1v) is 10.2. The third-order valence-corrected chi connectivity index (χ3v) is 5.58. The topological polar surface area (TPSA) is 58.1 Å². The highest BCUT2D eigenvalue weighted by Crippen LogP contribution is 2.23. The van der Waals surface area contributed by atoms with Gasteiger partial charge in [0.25, 0.3) is 5.91 Å². The molecule has 0 saturated carbocycles. The lowest BCUT2D eigenvalue weighted by Gasteiger charge is -2.27. The van der Waals surface area contributed by atoms with Crippen molar-refractivity contribution in [1.82, 2.24) is 10.2 Å². The van der Waals surface area contributed by atoms with E-state index in [2.05, 4.69) is 36.3 Å². The third kappa shape index (κ3) is 4.22. The average Bonchev–Trinajstić information content (AvgIpc) is 2.75. The van der Waals surface area contributed by atoms with E-state index >= 15 is 0 Å². The lowest BCUT2D eigenvalue weighted by atomic mass is 10.1. The number of nitrogens with one attached hydrogen (secondary N) is 1. The lowest BCUT2D eigenvalue weighted by molar-refractivity contribution is 0.102. The zero-order chi connectivity index (χ0) is 19.3. The fourth-order valence-corrected chi connectivity index (χ4v) is 3.80. The molecule has 28 heavy (non-hydrogen) atoms. The number of amides is 1. The van der Waals surface area contributed by atoms with Crippen molar-refractivity contribution < 1.29 is 4.79 Å². The monoisotopic (exact) mass is 436 g/mol. The van der Waals surface area contributed by atoms with Crippen LogP contribution in [-0.4, -0.2) is 29.2 Å². The first kappa shape index (κ1) is 18.6. The normalized spacial score (nSPS) is 14.0. The minimum absolute atomic E-state index is 0.147. The van der Waals surface area contributed by atoms with Gasteiger partial charge in [-0.1, -0.05) is 24.3 Å². The van der Waals surface area contributed by atoms with E-state index in [9.17, 15) is 4.79 Å². The summed E-state index contributed by atoms with van der Waals surface area (Å²) in [5.74, 6) is 0.798. The van der Waals surface area contributed by atoms with Crippen LogP contribution in [0.25, 0.3) is 11.3 Å². The highest BCUT2D eigenvalue weighted by atomic mass is 79.9. The molecule has 0 radical (unpaired) electrons. The molecule has 1 amide bonds. The molecule has 4 rings (SSSR count). The Kier molecular flexibility index (Phi) is 5.67. The van der Waals surface area contributed by atoms with E-state index in [4.69, 9.17) is 0 Å². The molecule has 0 spiro atoms. The Hall–Kier alpha value is -2.73. The number of hydrogen-bond donors (Lipinski definition) is 1. The quantitative estimate of drug-likeness (QED) is 0.614. The number of carbonyl (C=O) groups excluding carboxylic acids is 1. The molecule has 1 saturated heterocycles. The van der Waals surface area contributed by atoms with Gasteiger partial charge in [0.05, 0.1) is 11.3 Å². The first-order valence-electron chi connectivity index (χ1n) is 9.46. The van der Waals surface area contributed by atoms with E-state index in [0.29, 0.717) is 5.56 Å². The van der Waals surface area contributed by atoms with Crippen LogP contribution < -0.4 is 10.2 Å². The summed E-state index contributed by atoms with van der Waals surface area (Å²) in [6.07, 6.45) is 3.73. The second kappa shape index (κ2) is 8.52. The van der Waals surface area contributed by atoms with Gasteiger partial charge >= 0.3 is 0 Å². The Bertz CT molecular complexity index is 951. The molecule has 142 valence electrons. The Morgan fingerprint density at radius 3 is 2.32 bits per heavy atom. The maximum atomic E-state index is 12.4. The van der Waals surface area contributed by atoms with Crippen LogP contribution in [0, 0.1) is 0 Å². The minimum atomic E-state index is -0.147. The number of hydrogen-bond acceptors (Lipinski definition) is 4. The molecule has 1 N–H and O–H groups in total. The predicted octanol–water partition coefficient (Wildman–Crippen LogP) is 5.15. The third-order valence-electron chi connectivity index (χ3n) is 4.89. The molecule has 5 nitrogen and oxygen atoms in total. The van der Waals surface area contributed by atoms with Crippen molar-refractivity contribution in [3.05, 3.63) is 70.7 Å². The van der Waals surface area contributed by atoms with E-state index in [1.807, 2.05) is 54.6 Å². The number of nitrogens with zero attached hydrogens (tertiary/aromatic N) is 3. The Morgan fingerprint density at radius 1 is 0.893 bits per heavy atom. The van der Waals surface area contributed by atoms with Crippen molar-refractivity contribution >= 4 is 33.3 Å². The number of halogens is 1. The fraction of sp³-hybridized carbons (Fsp3) is 0.227. The minimum Gasteiger partial charge on any atom is -0.355 e. The molecule has 0 atom stereocenters. The second-order valence-electron chi connectivity index (χ2n) is 6.84. The molecule has 2 heterocycles. The van der Waals surface area contributed by atoms with Crippen molar-refractivity contribution in [3.8, 4) is 11.3 Å². The summed E-state index contributed by atoms with van der Waals surface area (Å²) in [5, 5.41) is 11.7. The largest absolute Gasteiger partial charge is 0.355 e. The maximum absolute atomic E-state index is 12.4. The summed E-state index contributed by atoms with van der Waals surface area (Å²) in [4.78, 5) is 14.7. The molecule has 0 unspecified atom stereocenters. The number of carbonyl (C=O) groups is 1. The molecule has 1 aliphatic rings. The van der Waals surface area contributed by atoms with Gasteiger partial charge in [0, 0.05) is 28.8 Å². The van der Waals surface area contributed by atoms with Gasteiger partial charge in [-0.25, -0.2) is 0 Å². The Balaban J connectivity index is 1.44. The Labute approximate surface area is 172 Å². The summed E-state index contributed by atoms with van der Waals surface area (Å²) in [7, 11) is 0. The van der Waals surface area contributed by atoms with Gasteiger partial charge in [0.2, 0.25) is 0 Å². The van der Waals surface area contributed by atoms with E-state index in [1.54, 1.807) is 6.07 Å². The molecule has 1 aromatic heterocycles. The first-order chi connectivity index (χ1) is 13.7. The lowest BCUT2D eigenvalue weighted by Crippen LogP contribution is -2.30. The van der Waals surface area contributed by atoms with Crippen molar-refractivity contribution in [2.75, 3.05) is 23.3 Å². The fourth-order valence-electron chi connectivity index (χ4n) is 3.34. The SMILES string of the molecule is O=C(Nc1ccc(-c2ccc(N3CCCCC3)nn2)cc1)c1ccccc1Br. The van der Waals surface area contributed by atoms with Gasteiger partial charge in [0.1, 0.15) is 0 Å². The molecule has 1 fully saturated rings. The van der Waals surface area contributed by atoms with Crippen LogP contribution in [-0.2, 0) is 0 Å². The standard InChI is InChI=1S/C22H21BrN4O/c23-19-7-3-2-6-18(19)22(28)24-17-10-8-16(9-11-17)20-12-13-21(26-25-20)27-14-4-1-5-15-27/h2-3,6-13H,1,4-5,14-15H2,(H,24,28). The van der Waals surface area contributed by atoms with E-state index in [0.717, 1.165) is 40.3 Å². The van der Waals surface area contributed by atoms with Gasteiger partial charge in [-0.3, -0.25) is 4.79 Å². The highest BCUT2D eigenvalue weighted by Gasteiger charge is 2.13.